The highest BCUT2D eigenvalue weighted by atomic mass is 32.2. The summed E-state index contributed by atoms with van der Waals surface area (Å²) < 4.78 is 119. The monoisotopic (exact) mass is 696 g/mol. The molecule has 3 atom stereocenters. The van der Waals surface area contributed by atoms with Crippen LogP contribution < -0.4 is 5.32 Å². The van der Waals surface area contributed by atoms with E-state index in [-0.39, 0.29) is 42.5 Å². The average Bonchev–Trinajstić information content (AvgIpc) is 3.35. The van der Waals surface area contributed by atoms with Crippen molar-refractivity contribution >= 4 is 16.0 Å². The number of ether oxygens (including phenoxy) is 1. The number of hydroxylamine groups is 2. The van der Waals surface area contributed by atoms with Gasteiger partial charge in [0.15, 0.2) is 0 Å². The van der Waals surface area contributed by atoms with E-state index in [1.54, 1.807) is 49.4 Å². The minimum Gasteiger partial charge on any atom is -0.371 e. The first-order chi connectivity index (χ1) is 22.4. The Hall–Kier alpha value is -3.98. The number of hydrogen-bond donors (Lipinski definition) is 1. The number of alkyl halides is 6. The lowest BCUT2D eigenvalue weighted by atomic mass is 9.88. The van der Waals surface area contributed by atoms with Crippen molar-refractivity contribution < 1.29 is 48.6 Å². The Morgan fingerprint density at radius 2 is 1.52 bits per heavy atom. The van der Waals surface area contributed by atoms with Crippen molar-refractivity contribution in [3.63, 3.8) is 0 Å². The highest BCUT2D eigenvalue weighted by Gasteiger charge is 2.48. The molecule has 258 valence electrons. The van der Waals surface area contributed by atoms with Gasteiger partial charge in [-0.15, -0.1) is 17.4 Å². The molecule has 14 heteroatoms. The lowest BCUT2D eigenvalue weighted by Crippen LogP contribution is -2.56. The van der Waals surface area contributed by atoms with E-state index in [2.05, 4.69) is 18.5 Å². The maximum absolute atomic E-state index is 13.5. The highest BCUT2D eigenvalue weighted by molar-refractivity contribution is 7.86. The van der Waals surface area contributed by atoms with E-state index in [0.717, 1.165) is 10.6 Å². The van der Waals surface area contributed by atoms with E-state index in [9.17, 15) is 39.6 Å². The predicted molar refractivity (Wildman–Crippen MR) is 166 cm³/mol. The zero-order valence-electron chi connectivity index (χ0n) is 26.1. The molecular formula is C34H34F6N2O5S. The van der Waals surface area contributed by atoms with Crippen LogP contribution in [0.15, 0.2) is 103 Å². The standard InChI is InChI=1S/C34H34F6N2O5S/c1-5-31(17-16-30(43)42(31)47-48(44,45)29-14-12-23(3)13-15-29)21-41-32(6-2,26-10-8-7-9-11-26)22-46-24(4)25-18-27(33(35,36)37)20-28(19-25)34(38,39)40/h5-15,18-20,24,41H,1-2,16-17,21-22H2,3-4H3/t24-,31?,32?/m1/s1. The maximum Gasteiger partial charge on any atom is 0.416 e. The van der Waals surface area contributed by atoms with Crippen LogP contribution in [0.4, 0.5) is 26.3 Å². The van der Waals surface area contributed by atoms with Crippen molar-refractivity contribution in [3.05, 3.63) is 126 Å². The molecule has 0 spiro atoms. The quantitative estimate of drug-likeness (QED) is 0.146. The van der Waals surface area contributed by atoms with Crippen LogP contribution in [0.1, 0.15) is 53.7 Å². The molecule has 0 radical (unpaired) electrons. The van der Waals surface area contributed by atoms with E-state index in [1.807, 2.05) is 0 Å². The number of halogens is 6. The SMILES string of the molecule is C=CC(CO[C@H](C)c1cc(C(F)(F)F)cc(C(F)(F)F)c1)(NCC1(C=C)CCC(=O)N1OS(=O)(=O)c1ccc(C)cc1)c1ccccc1. The third-order valence-electron chi connectivity index (χ3n) is 8.25. The van der Waals surface area contributed by atoms with Crippen molar-refractivity contribution in [3.8, 4) is 0 Å². The predicted octanol–water partition coefficient (Wildman–Crippen LogP) is 7.65. The van der Waals surface area contributed by atoms with Crippen molar-refractivity contribution in [2.45, 2.75) is 61.1 Å². The summed E-state index contributed by atoms with van der Waals surface area (Å²) in [4.78, 5) is 12.8. The molecule has 48 heavy (non-hydrogen) atoms. The molecule has 0 bridgehead atoms. The first-order valence-corrected chi connectivity index (χ1v) is 16.1. The summed E-state index contributed by atoms with van der Waals surface area (Å²) in [7, 11) is -4.44. The molecular weight excluding hydrogens is 662 g/mol. The maximum atomic E-state index is 13.5. The van der Waals surface area contributed by atoms with Gasteiger partial charge in [0.05, 0.1) is 34.3 Å². The van der Waals surface area contributed by atoms with Crippen LogP contribution >= 0.6 is 0 Å². The Morgan fingerprint density at radius 1 is 0.938 bits per heavy atom. The van der Waals surface area contributed by atoms with Gasteiger partial charge in [0.25, 0.3) is 0 Å². The number of aryl methyl sites for hydroxylation is 1. The van der Waals surface area contributed by atoms with Gasteiger partial charge in [-0.1, -0.05) is 60.2 Å². The Bertz CT molecular complexity index is 1710. The third-order valence-corrected chi connectivity index (χ3v) is 9.45. The number of carbonyl (C=O) groups is 1. The largest absolute Gasteiger partial charge is 0.416 e. The van der Waals surface area contributed by atoms with Gasteiger partial charge in [0, 0.05) is 13.0 Å². The lowest BCUT2D eigenvalue weighted by Gasteiger charge is -2.39. The van der Waals surface area contributed by atoms with Gasteiger partial charge in [-0.05, 0) is 61.7 Å². The smallest absolute Gasteiger partial charge is 0.371 e. The highest BCUT2D eigenvalue weighted by Crippen LogP contribution is 2.39. The number of amides is 1. The Balaban J connectivity index is 1.65. The van der Waals surface area contributed by atoms with Crippen LogP contribution in [0.3, 0.4) is 0 Å². The van der Waals surface area contributed by atoms with Gasteiger partial charge >= 0.3 is 22.5 Å². The Morgan fingerprint density at radius 3 is 2.04 bits per heavy atom. The van der Waals surface area contributed by atoms with Gasteiger partial charge in [-0.3, -0.25) is 10.1 Å². The van der Waals surface area contributed by atoms with Gasteiger partial charge in [-0.2, -0.15) is 39.8 Å². The van der Waals surface area contributed by atoms with E-state index in [0.29, 0.717) is 17.7 Å². The topological polar surface area (TPSA) is 84.9 Å². The van der Waals surface area contributed by atoms with E-state index < -0.39 is 56.7 Å². The molecule has 0 aliphatic carbocycles. The van der Waals surface area contributed by atoms with Crippen molar-refractivity contribution in [1.29, 1.82) is 0 Å². The number of benzene rings is 3. The average molecular weight is 697 g/mol. The molecule has 1 saturated heterocycles. The normalized spacial score (nSPS) is 19.2. The molecule has 3 aromatic rings. The molecule has 1 amide bonds. The van der Waals surface area contributed by atoms with Crippen LogP contribution in [0.5, 0.6) is 0 Å². The number of hydrogen-bond acceptors (Lipinski definition) is 6. The van der Waals surface area contributed by atoms with Gasteiger partial charge < -0.3 is 4.74 Å². The second kappa shape index (κ2) is 13.9. The summed E-state index contributed by atoms with van der Waals surface area (Å²) in [6.45, 7) is 10.3. The molecule has 3 aromatic carbocycles. The van der Waals surface area contributed by atoms with Crippen LogP contribution in [0.2, 0.25) is 0 Å². The van der Waals surface area contributed by atoms with Crippen LogP contribution in [0, 0.1) is 6.92 Å². The summed E-state index contributed by atoms with van der Waals surface area (Å²) in [5.74, 6) is -0.619. The van der Waals surface area contributed by atoms with E-state index in [1.165, 1.54) is 31.2 Å². The zero-order chi connectivity index (χ0) is 35.5. The second-order valence-corrected chi connectivity index (χ2v) is 13.1. The molecule has 1 aliphatic heterocycles. The zero-order valence-corrected chi connectivity index (χ0v) is 26.9. The van der Waals surface area contributed by atoms with Crippen molar-refractivity contribution in [2.24, 2.45) is 0 Å². The lowest BCUT2D eigenvalue weighted by molar-refractivity contribution is -0.162. The summed E-state index contributed by atoms with van der Waals surface area (Å²) >= 11 is 0. The fourth-order valence-corrected chi connectivity index (χ4v) is 6.24. The van der Waals surface area contributed by atoms with Crippen LogP contribution in [-0.4, -0.2) is 38.1 Å². The second-order valence-electron chi connectivity index (χ2n) is 11.5. The van der Waals surface area contributed by atoms with Crippen molar-refractivity contribution in [1.82, 2.24) is 10.4 Å². The summed E-state index contributed by atoms with van der Waals surface area (Å²) in [5, 5.41) is 4.01. The molecule has 1 heterocycles. The van der Waals surface area contributed by atoms with Crippen LogP contribution in [0.25, 0.3) is 0 Å². The molecule has 0 saturated carbocycles. The number of nitrogens with zero attached hydrogens (tertiary/aromatic N) is 1. The molecule has 1 fully saturated rings. The summed E-state index contributed by atoms with van der Waals surface area (Å²) in [5.41, 5.74) is -4.68. The number of nitrogens with one attached hydrogen (secondary N) is 1. The molecule has 1 N–H and O–H groups in total. The number of carbonyl (C=O) groups excluding carboxylic acids is 1. The third kappa shape index (κ3) is 8.00. The van der Waals surface area contributed by atoms with E-state index in [4.69, 9.17) is 9.02 Å². The van der Waals surface area contributed by atoms with Crippen LogP contribution in [-0.2, 0) is 41.8 Å². The minimum atomic E-state index is -5.04. The molecule has 0 aromatic heterocycles. The summed E-state index contributed by atoms with van der Waals surface area (Å²) in [6.07, 6.45) is -8.47. The molecule has 4 rings (SSSR count). The molecule has 7 nitrogen and oxygen atoms in total. The van der Waals surface area contributed by atoms with Gasteiger partial charge in [-0.25, -0.2) is 0 Å². The minimum absolute atomic E-state index is 0.0419. The molecule has 1 aliphatic rings. The van der Waals surface area contributed by atoms with Crippen molar-refractivity contribution in [2.75, 3.05) is 13.2 Å². The summed E-state index contributed by atoms with van der Waals surface area (Å²) in [6, 6.07) is 15.6. The first kappa shape index (κ1) is 36.8. The number of rotatable bonds is 13. The fraction of sp³-hybridized carbons (Fsp3) is 0.324. The first-order valence-electron chi connectivity index (χ1n) is 14.7. The van der Waals surface area contributed by atoms with Gasteiger partial charge in [0.2, 0.25) is 5.91 Å². The fourth-order valence-electron chi connectivity index (χ4n) is 5.25. The van der Waals surface area contributed by atoms with E-state index >= 15 is 0 Å². The Kier molecular flexibility index (Phi) is 10.6. The van der Waals surface area contributed by atoms with Gasteiger partial charge in [0.1, 0.15) is 5.54 Å². The molecule has 2 unspecified atom stereocenters. The Labute approximate surface area is 274 Å².